The number of carbonyl (C=O) groups is 1. The Bertz CT molecular complexity index is 773. The molecule has 0 bridgehead atoms. The summed E-state index contributed by atoms with van der Waals surface area (Å²) in [5.41, 5.74) is 7.04. The van der Waals surface area contributed by atoms with Crippen LogP contribution in [-0.4, -0.2) is 66.7 Å². The number of allylic oxidation sites excluding steroid dienone is 2. The molecule has 1 saturated heterocycles. The van der Waals surface area contributed by atoms with E-state index in [4.69, 9.17) is 10.5 Å². The summed E-state index contributed by atoms with van der Waals surface area (Å²) in [6.45, 7) is 5.92. The lowest BCUT2D eigenvalue weighted by Crippen LogP contribution is -2.53. The van der Waals surface area contributed by atoms with Crippen molar-refractivity contribution in [3.8, 4) is 6.07 Å². The molecule has 0 aromatic heterocycles. The first-order chi connectivity index (χ1) is 13.5. The van der Waals surface area contributed by atoms with Gasteiger partial charge in [-0.3, -0.25) is 9.69 Å². The van der Waals surface area contributed by atoms with Crippen LogP contribution in [0, 0.1) is 11.3 Å². The van der Waals surface area contributed by atoms with Crippen molar-refractivity contribution >= 4 is 11.5 Å². The molecule has 1 heterocycles. The Morgan fingerprint density at radius 1 is 1.29 bits per heavy atom. The van der Waals surface area contributed by atoms with Gasteiger partial charge in [0, 0.05) is 39.1 Å². The molecule has 28 heavy (non-hydrogen) atoms. The molecule has 1 amide bonds. The molecule has 0 saturated carbocycles. The highest BCUT2D eigenvalue weighted by atomic mass is 16.5. The highest BCUT2D eigenvalue weighted by molar-refractivity contribution is 5.81. The van der Waals surface area contributed by atoms with Crippen LogP contribution in [0.2, 0.25) is 0 Å². The standard InChI is InChI=1S/C22H28N4O2/c1-18(24)21(27)26-13-11-25(12-14-26)15-16-28-22(17-23)9-7-20(8-10-22)19-5-3-2-4-6-19/h2-9,18H,10-16,24H2,1H3/t18-,22?/m1/s1. The van der Waals surface area contributed by atoms with Gasteiger partial charge in [-0.15, -0.1) is 0 Å². The molecular weight excluding hydrogens is 352 g/mol. The second-order valence-corrected chi connectivity index (χ2v) is 7.37. The van der Waals surface area contributed by atoms with E-state index in [0.29, 0.717) is 26.1 Å². The first-order valence-corrected chi connectivity index (χ1v) is 9.80. The number of piperazine rings is 1. The molecule has 6 heteroatoms. The van der Waals surface area contributed by atoms with E-state index in [1.807, 2.05) is 35.3 Å². The van der Waals surface area contributed by atoms with E-state index in [0.717, 1.165) is 30.8 Å². The van der Waals surface area contributed by atoms with Crippen LogP contribution in [0.5, 0.6) is 0 Å². The molecule has 1 aromatic carbocycles. The SMILES string of the molecule is C[C@@H](N)C(=O)N1CCN(CCOC2(C#N)C=CC(c3ccccc3)=CC2)CC1. The Morgan fingerprint density at radius 3 is 2.57 bits per heavy atom. The van der Waals surface area contributed by atoms with Crippen molar-refractivity contribution in [3.63, 3.8) is 0 Å². The number of nitrogens with zero attached hydrogens (tertiary/aromatic N) is 3. The van der Waals surface area contributed by atoms with Gasteiger partial charge in [-0.05, 0) is 24.1 Å². The van der Waals surface area contributed by atoms with Gasteiger partial charge in [0.2, 0.25) is 5.91 Å². The minimum Gasteiger partial charge on any atom is -0.355 e. The molecule has 3 rings (SSSR count). The van der Waals surface area contributed by atoms with E-state index < -0.39 is 11.6 Å². The highest BCUT2D eigenvalue weighted by Gasteiger charge is 2.30. The minimum absolute atomic E-state index is 0.00711. The summed E-state index contributed by atoms with van der Waals surface area (Å²) >= 11 is 0. The van der Waals surface area contributed by atoms with Crippen LogP contribution >= 0.6 is 0 Å². The Morgan fingerprint density at radius 2 is 2.00 bits per heavy atom. The van der Waals surface area contributed by atoms with Crippen molar-refractivity contribution in [3.05, 3.63) is 54.1 Å². The van der Waals surface area contributed by atoms with Gasteiger partial charge < -0.3 is 15.4 Å². The van der Waals surface area contributed by atoms with Crippen LogP contribution in [0.1, 0.15) is 18.9 Å². The van der Waals surface area contributed by atoms with E-state index in [-0.39, 0.29) is 5.91 Å². The Balaban J connectivity index is 1.46. The molecule has 148 valence electrons. The number of benzene rings is 1. The molecule has 2 aliphatic rings. The summed E-state index contributed by atoms with van der Waals surface area (Å²) in [5, 5.41) is 9.66. The predicted octanol–water partition coefficient (Wildman–Crippen LogP) is 1.80. The van der Waals surface area contributed by atoms with Crippen LogP contribution in [0.15, 0.2) is 48.6 Å². The maximum atomic E-state index is 11.9. The van der Waals surface area contributed by atoms with Gasteiger partial charge in [-0.25, -0.2) is 0 Å². The maximum absolute atomic E-state index is 11.9. The lowest BCUT2D eigenvalue weighted by atomic mass is 9.90. The van der Waals surface area contributed by atoms with Crippen LogP contribution in [0.4, 0.5) is 0 Å². The van der Waals surface area contributed by atoms with Crippen molar-refractivity contribution in [1.29, 1.82) is 5.26 Å². The molecule has 6 nitrogen and oxygen atoms in total. The number of ether oxygens (including phenoxy) is 1. The second-order valence-electron chi connectivity index (χ2n) is 7.37. The Hall–Kier alpha value is -2.46. The van der Waals surface area contributed by atoms with Gasteiger partial charge in [0.15, 0.2) is 5.60 Å². The monoisotopic (exact) mass is 380 g/mol. The molecule has 0 spiro atoms. The minimum atomic E-state index is -0.898. The fourth-order valence-corrected chi connectivity index (χ4v) is 3.53. The van der Waals surface area contributed by atoms with Crippen LogP contribution in [-0.2, 0) is 9.53 Å². The molecule has 1 fully saturated rings. The van der Waals surface area contributed by atoms with Gasteiger partial charge in [-0.2, -0.15) is 5.26 Å². The molecule has 1 aromatic rings. The third-order valence-corrected chi connectivity index (χ3v) is 5.29. The lowest BCUT2D eigenvalue weighted by molar-refractivity contribution is -0.134. The van der Waals surface area contributed by atoms with Gasteiger partial charge >= 0.3 is 0 Å². The summed E-state index contributed by atoms with van der Waals surface area (Å²) in [7, 11) is 0. The van der Waals surface area contributed by atoms with Crippen molar-refractivity contribution < 1.29 is 9.53 Å². The van der Waals surface area contributed by atoms with Crippen LogP contribution < -0.4 is 5.73 Å². The van der Waals surface area contributed by atoms with Gasteiger partial charge in [0.05, 0.1) is 12.6 Å². The summed E-state index contributed by atoms with van der Waals surface area (Å²) in [4.78, 5) is 16.0. The average Bonchev–Trinajstić information content (AvgIpc) is 2.75. The largest absolute Gasteiger partial charge is 0.355 e. The number of nitrogens with two attached hydrogens (primary N) is 1. The first kappa shape index (κ1) is 20.3. The average molecular weight is 380 g/mol. The van der Waals surface area contributed by atoms with Crippen molar-refractivity contribution in [2.24, 2.45) is 5.73 Å². The van der Waals surface area contributed by atoms with Crippen molar-refractivity contribution in [2.75, 3.05) is 39.3 Å². The van der Waals surface area contributed by atoms with Crippen LogP contribution in [0.25, 0.3) is 5.57 Å². The predicted molar refractivity (Wildman–Crippen MR) is 109 cm³/mol. The third kappa shape index (κ3) is 4.87. The van der Waals surface area contributed by atoms with Gasteiger partial charge in [0.25, 0.3) is 0 Å². The zero-order valence-corrected chi connectivity index (χ0v) is 16.4. The highest BCUT2D eigenvalue weighted by Crippen LogP contribution is 2.29. The molecular formula is C22H28N4O2. The van der Waals surface area contributed by atoms with Gasteiger partial charge in [0.1, 0.15) is 6.07 Å². The summed E-state index contributed by atoms with van der Waals surface area (Å²) < 4.78 is 5.98. The fourth-order valence-electron chi connectivity index (χ4n) is 3.53. The van der Waals surface area contributed by atoms with E-state index in [1.54, 1.807) is 6.92 Å². The number of amides is 1. The first-order valence-electron chi connectivity index (χ1n) is 9.80. The second kappa shape index (κ2) is 9.16. The zero-order valence-electron chi connectivity index (χ0n) is 16.4. The topological polar surface area (TPSA) is 82.6 Å². The Labute approximate surface area is 166 Å². The van der Waals surface area contributed by atoms with E-state index in [1.165, 1.54) is 0 Å². The van der Waals surface area contributed by atoms with Crippen molar-refractivity contribution in [1.82, 2.24) is 9.80 Å². The lowest BCUT2D eigenvalue weighted by Gasteiger charge is -2.36. The fraction of sp³-hybridized carbons (Fsp3) is 0.455. The maximum Gasteiger partial charge on any atom is 0.239 e. The molecule has 1 aliphatic carbocycles. The normalized spacial score (nSPS) is 23.8. The molecule has 1 unspecified atom stereocenters. The number of carbonyl (C=O) groups excluding carboxylic acids is 1. The van der Waals surface area contributed by atoms with Crippen LogP contribution in [0.3, 0.4) is 0 Å². The quantitative estimate of drug-likeness (QED) is 0.814. The Kier molecular flexibility index (Phi) is 6.63. The summed E-state index contributed by atoms with van der Waals surface area (Å²) in [6.07, 6.45) is 6.45. The molecule has 0 radical (unpaired) electrons. The molecule has 2 atom stereocenters. The third-order valence-electron chi connectivity index (χ3n) is 5.29. The molecule has 2 N–H and O–H groups in total. The van der Waals surface area contributed by atoms with Gasteiger partial charge in [-0.1, -0.05) is 42.5 Å². The van der Waals surface area contributed by atoms with E-state index in [2.05, 4.69) is 29.2 Å². The zero-order chi connectivity index (χ0) is 20.0. The number of hydrogen-bond acceptors (Lipinski definition) is 5. The number of nitriles is 1. The van der Waals surface area contributed by atoms with Crippen molar-refractivity contribution in [2.45, 2.75) is 25.0 Å². The number of rotatable bonds is 6. The molecule has 1 aliphatic heterocycles. The number of hydrogen-bond donors (Lipinski definition) is 1. The summed E-state index contributed by atoms with van der Waals surface area (Å²) in [6, 6.07) is 12.0. The van der Waals surface area contributed by atoms with E-state index in [9.17, 15) is 10.1 Å². The summed E-state index contributed by atoms with van der Waals surface area (Å²) in [5.74, 6) is 0.00711. The van der Waals surface area contributed by atoms with E-state index >= 15 is 0 Å². The smallest absolute Gasteiger partial charge is 0.239 e.